The van der Waals surface area contributed by atoms with Crippen LogP contribution >= 0.6 is 11.6 Å². The number of nitrogens with zero attached hydrogens (tertiary/aromatic N) is 2. The van der Waals surface area contributed by atoms with Crippen molar-refractivity contribution in [1.29, 1.82) is 5.26 Å². The predicted molar refractivity (Wildman–Crippen MR) is 95.2 cm³/mol. The molecule has 0 aromatic heterocycles. The second-order valence-electron chi connectivity index (χ2n) is 4.98. The maximum Gasteiger partial charge on any atom is 0.269 e. The lowest BCUT2D eigenvalue weighted by Crippen LogP contribution is -2.14. The Hall–Kier alpha value is -3.37. The largest absolute Gasteiger partial charge is 0.360 e. The molecule has 0 saturated heterocycles. The van der Waals surface area contributed by atoms with Crippen LogP contribution in [-0.4, -0.2) is 10.8 Å². The molecule has 0 unspecified atom stereocenters. The zero-order valence-corrected chi connectivity index (χ0v) is 13.9. The molecule has 2 N–H and O–H groups in total. The fourth-order valence-electron chi connectivity index (χ4n) is 1.93. The summed E-state index contributed by atoms with van der Waals surface area (Å²) in [7, 11) is 0. The lowest BCUT2D eigenvalue weighted by Gasteiger charge is -2.08. The van der Waals surface area contributed by atoms with Crippen molar-refractivity contribution in [2.75, 3.05) is 10.6 Å². The van der Waals surface area contributed by atoms with Gasteiger partial charge in [-0.1, -0.05) is 17.7 Å². The van der Waals surface area contributed by atoms with Crippen LogP contribution in [0.3, 0.4) is 0 Å². The Balaban J connectivity index is 2.11. The number of halogens is 1. The first-order chi connectivity index (χ1) is 11.9. The second kappa shape index (κ2) is 7.95. The molecule has 126 valence electrons. The first-order valence-electron chi connectivity index (χ1n) is 7.10. The number of nitro benzene ring substituents is 1. The summed E-state index contributed by atoms with van der Waals surface area (Å²) >= 11 is 6.01. The number of hydrogen-bond donors (Lipinski definition) is 2. The number of amides is 1. The summed E-state index contributed by atoms with van der Waals surface area (Å²) in [6, 6.07) is 12.3. The van der Waals surface area contributed by atoms with Gasteiger partial charge in [-0.15, -0.1) is 0 Å². The third kappa shape index (κ3) is 4.56. The summed E-state index contributed by atoms with van der Waals surface area (Å²) in [5, 5.41) is 25.7. The van der Waals surface area contributed by atoms with E-state index in [2.05, 4.69) is 10.6 Å². The lowest BCUT2D eigenvalue weighted by atomic mass is 10.2. The number of benzene rings is 2. The Morgan fingerprint density at radius 2 is 1.96 bits per heavy atom. The molecule has 0 atom stereocenters. The van der Waals surface area contributed by atoms with Gasteiger partial charge in [0.2, 0.25) is 0 Å². The summed E-state index contributed by atoms with van der Waals surface area (Å²) in [4.78, 5) is 22.2. The van der Waals surface area contributed by atoms with Crippen molar-refractivity contribution in [2.45, 2.75) is 6.92 Å². The number of carbonyl (C=O) groups excluding carboxylic acids is 1. The molecule has 0 radical (unpaired) electrons. The van der Waals surface area contributed by atoms with Gasteiger partial charge in [-0.2, -0.15) is 5.26 Å². The average molecular weight is 357 g/mol. The molecular weight excluding hydrogens is 344 g/mol. The van der Waals surface area contributed by atoms with Gasteiger partial charge in [-0.05, 0) is 36.8 Å². The summed E-state index contributed by atoms with van der Waals surface area (Å²) in [6.45, 7) is 1.81. The molecule has 7 nitrogen and oxygen atoms in total. The van der Waals surface area contributed by atoms with E-state index in [0.29, 0.717) is 16.4 Å². The van der Waals surface area contributed by atoms with Crippen molar-refractivity contribution in [3.8, 4) is 6.07 Å². The van der Waals surface area contributed by atoms with E-state index in [1.54, 1.807) is 24.3 Å². The Morgan fingerprint density at radius 1 is 1.28 bits per heavy atom. The van der Waals surface area contributed by atoms with Gasteiger partial charge in [0.05, 0.1) is 4.92 Å². The summed E-state index contributed by atoms with van der Waals surface area (Å²) in [5.74, 6) is -0.636. The number of nitrogens with one attached hydrogen (secondary N) is 2. The molecule has 0 aliphatic heterocycles. The Bertz CT molecular complexity index is 886. The minimum Gasteiger partial charge on any atom is -0.360 e. The van der Waals surface area contributed by atoms with Crippen molar-refractivity contribution in [1.82, 2.24) is 0 Å². The first-order valence-corrected chi connectivity index (χ1v) is 7.48. The van der Waals surface area contributed by atoms with E-state index in [4.69, 9.17) is 16.9 Å². The molecule has 1 amide bonds. The number of anilines is 2. The standard InChI is InChI=1S/C17H13ClN4O3/c1-11-15(18)3-2-4-16(11)20-10-12(9-19)17(23)21-13-5-7-14(8-6-13)22(24)25/h2-8,10,20H,1H3,(H,21,23)/b12-10-. The summed E-state index contributed by atoms with van der Waals surface area (Å²) < 4.78 is 0. The molecule has 0 bridgehead atoms. The van der Waals surface area contributed by atoms with Gasteiger partial charge in [0, 0.05) is 34.7 Å². The number of carbonyl (C=O) groups is 1. The molecule has 0 saturated carbocycles. The average Bonchev–Trinajstić information content (AvgIpc) is 2.59. The normalized spacial score (nSPS) is 10.7. The monoisotopic (exact) mass is 356 g/mol. The molecule has 8 heteroatoms. The maximum atomic E-state index is 12.1. The third-order valence-electron chi connectivity index (χ3n) is 3.34. The molecule has 0 aliphatic rings. The highest BCUT2D eigenvalue weighted by molar-refractivity contribution is 6.31. The number of rotatable bonds is 5. The molecule has 0 aliphatic carbocycles. The zero-order valence-electron chi connectivity index (χ0n) is 13.1. The maximum absolute atomic E-state index is 12.1. The van der Waals surface area contributed by atoms with Gasteiger partial charge in [0.25, 0.3) is 11.6 Å². The van der Waals surface area contributed by atoms with Gasteiger partial charge in [-0.25, -0.2) is 0 Å². The van der Waals surface area contributed by atoms with Crippen LogP contribution in [0.5, 0.6) is 0 Å². The number of non-ortho nitro benzene ring substituents is 1. The fourth-order valence-corrected chi connectivity index (χ4v) is 2.10. The van der Waals surface area contributed by atoms with E-state index in [9.17, 15) is 14.9 Å². The molecule has 2 aromatic rings. The van der Waals surface area contributed by atoms with Gasteiger partial charge < -0.3 is 10.6 Å². The van der Waals surface area contributed by atoms with E-state index in [1.165, 1.54) is 30.5 Å². The molecule has 25 heavy (non-hydrogen) atoms. The zero-order chi connectivity index (χ0) is 18.4. The molecule has 0 heterocycles. The summed E-state index contributed by atoms with van der Waals surface area (Å²) in [6.07, 6.45) is 1.28. The quantitative estimate of drug-likeness (QED) is 0.364. The molecule has 0 fully saturated rings. The van der Waals surface area contributed by atoms with Crippen LogP contribution in [-0.2, 0) is 4.79 Å². The van der Waals surface area contributed by atoms with Crippen molar-refractivity contribution in [3.05, 3.63) is 74.9 Å². The highest BCUT2D eigenvalue weighted by Gasteiger charge is 2.11. The highest BCUT2D eigenvalue weighted by atomic mass is 35.5. The lowest BCUT2D eigenvalue weighted by molar-refractivity contribution is -0.384. The van der Waals surface area contributed by atoms with E-state index in [-0.39, 0.29) is 11.3 Å². The van der Waals surface area contributed by atoms with Crippen molar-refractivity contribution in [2.24, 2.45) is 0 Å². The van der Waals surface area contributed by atoms with Crippen LogP contribution in [0.4, 0.5) is 17.1 Å². The molecule has 2 rings (SSSR count). The van der Waals surface area contributed by atoms with Gasteiger partial charge in [-0.3, -0.25) is 14.9 Å². The highest BCUT2D eigenvalue weighted by Crippen LogP contribution is 2.23. The number of nitro groups is 1. The van der Waals surface area contributed by atoms with Crippen LogP contribution in [0.2, 0.25) is 5.02 Å². The van der Waals surface area contributed by atoms with Crippen molar-refractivity contribution in [3.63, 3.8) is 0 Å². The van der Waals surface area contributed by atoms with Crippen LogP contribution in [0.25, 0.3) is 0 Å². The number of nitriles is 1. The van der Waals surface area contributed by atoms with Gasteiger partial charge in [0.15, 0.2) is 0 Å². The Labute approximate surface area is 148 Å². The minimum atomic E-state index is -0.636. The smallest absolute Gasteiger partial charge is 0.269 e. The SMILES string of the molecule is Cc1c(Cl)cccc1N/C=C(/C#N)C(=O)Nc1ccc([N+](=O)[O-])cc1. The topological polar surface area (TPSA) is 108 Å². The minimum absolute atomic E-state index is 0.0906. The van der Waals surface area contributed by atoms with Crippen LogP contribution in [0.15, 0.2) is 54.2 Å². The van der Waals surface area contributed by atoms with E-state index >= 15 is 0 Å². The Morgan fingerprint density at radius 3 is 2.56 bits per heavy atom. The first kappa shape index (κ1) is 18.0. The molecule has 0 spiro atoms. The molecule has 2 aromatic carbocycles. The van der Waals surface area contributed by atoms with Crippen LogP contribution in [0.1, 0.15) is 5.56 Å². The van der Waals surface area contributed by atoms with Gasteiger partial charge in [0.1, 0.15) is 11.6 Å². The summed E-state index contributed by atoms with van der Waals surface area (Å²) in [5.41, 5.74) is 1.55. The number of hydrogen-bond acceptors (Lipinski definition) is 5. The van der Waals surface area contributed by atoms with Crippen molar-refractivity contribution >= 4 is 34.6 Å². The van der Waals surface area contributed by atoms with Crippen LogP contribution < -0.4 is 10.6 Å². The third-order valence-corrected chi connectivity index (χ3v) is 3.75. The van der Waals surface area contributed by atoms with Crippen molar-refractivity contribution < 1.29 is 9.72 Å². The van der Waals surface area contributed by atoms with E-state index in [0.717, 1.165) is 5.56 Å². The van der Waals surface area contributed by atoms with Crippen LogP contribution in [0, 0.1) is 28.4 Å². The van der Waals surface area contributed by atoms with E-state index in [1.807, 2.05) is 6.92 Å². The van der Waals surface area contributed by atoms with E-state index < -0.39 is 10.8 Å². The Kier molecular flexibility index (Phi) is 5.71. The second-order valence-corrected chi connectivity index (χ2v) is 5.39. The predicted octanol–water partition coefficient (Wildman–Crippen LogP) is 4.01. The molecular formula is C17H13ClN4O3. The fraction of sp³-hybridized carbons (Fsp3) is 0.0588. The van der Waals surface area contributed by atoms with Gasteiger partial charge >= 0.3 is 0 Å².